The number of ketones is 1. The summed E-state index contributed by atoms with van der Waals surface area (Å²) in [6.07, 6.45) is 2.83. The second kappa shape index (κ2) is 3.79. The number of hydrogen-bond acceptors (Lipinski definition) is 4. The van der Waals surface area contributed by atoms with Gasteiger partial charge in [-0.2, -0.15) is 0 Å². The van der Waals surface area contributed by atoms with Gasteiger partial charge in [0.25, 0.3) is 0 Å². The Morgan fingerprint density at radius 2 is 2.16 bits per heavy atom. The number of hydrogen-bond donors (Lipinski definition) is 1. The van der Waals surface area contributed by atoms with Gasteiger partial charge in [-0.15, -0.1) is 0 Å². The Morgan fingerprint density at radius 1 is 1.47 bits per heavy atom. The molecule has 0 bridgehead atoms. The van der Waals surface area contributed by atoms with Gasteiger partial charge in [0.05, 0.1) is 17.4 Å². The molecule has 0 amide bonds. The summed E-state index contributed by atoms with van der Waals surface area (Å²) in [4.78, 5) is 23.9. The number of aliphatic hydroxyl groups is 1. The highest BCUT2D eigenvalue weighted by molar-refractivity contribution is 5.99. The normalized spacial score (nSPS) is 48.8. The Morgan fingerprint density at radius 3 is 2.84 bits per heavy atom. The molecule has 0 aromatic carbocycles. The van der Waals surface area contributed by atoms with Gasteiger partial charge >= 0.3 is 5.97 Å². The predicted molar refractivity (Wildman–Crippen MR) is 68.0 cm³/mol. The zero-order chi connectivity index (χ0) is 13.9. The fourth-order valence-corrected chi connectivity index (χ4v) is 3.98. The van der Waals surface area contributed by atoms with Crippen LogP contribution in [0.4, 0.5) is 0 Å². The Bertz CT molecular complexity index is 506. The lowest BCUT2D eigenvalue weighted by Gasteiger charge is -2.37. The molecule has 3 aliphatic rings. The molecule has 3 rings (SSSR count). The first kappa shape index (κ1) is 12.6. The molecule has 2 fully saturated rings. The molecule has 0 unspecified atom stereocenters. The molecule has 0 aromatic heterocycles. The van der Waals surface area contributed by atoms with E-state index in [2.05, 4.69) is 6.58 Å². The summed E-state index contributed by atoms with van der Waals surface area (Å²) in [5, 5.41) is 10.7. The van der Waals surface area contributed by atoms with Crippen molar-refractivity contribution < 1.29 is 19.4 Å². The van der Waals surface area contributed by atoms with Crippen LogP contribution < -0.4 is 0 Å². The van der Waals surface area contributed by atoms with Gasteiger partial charge in [-0.25, -0.2) is 4.79 Å². The largest absolute Gasteiger partial charge is 0.458 e. The first-order chi connectivity index (χ1) is 8.87. The molecular formula is C15H18O4. The van der Waals surface area contributed by atoms with Crippen molar-refractivity contribution in [3.63, 3.8) is 0 Å². The number of esters is 1. The van der Waals surface area contributed by atoms with Gasteiger partial charge in [0.15, 0.2) is 5.78 Å². The molecule has 1 aliphatic heterocycles. The highest BCUT2D eigenvalue weighted by atomic mass is 16.6. The zero-order valence-corrected chi connectivity index (χ0v) is 11.1. The number of fused-ring (bicyclic) bond motifs is 2. The number of carbonyl (C=O) groups excluding carboxylic acids is 2. The van der Waals surface area contributed by atoms with E-state index >= 15 is 0 Å². The summed E-state index contributed by atoms with van der Waals surface area (Å²) in [6.45, 7) is 7.57. The van der Waals surface area contributed by atoms with Crippen molar-refractivity contribution in [2.45, 2.75) is 32.5 Å². The van der Waals surface area contributed by atoms with Gasteiger partial charge in [0.1, 0.15) is 6.10 Å². The minimum Gasteiger partial charge on any atom is -0.458 e. The van der Waals surface area contributed by atoms with E-state index in [0.717, 1.165) is 0 Å². The smallest absolute Gasteiger partial charge is 0.334 e. The maximum absolute atomic E-state index is 12.2. The Balaban J connectivity index is 2.08. The lowest BCUT2D eigenvalue weighted by molar-refractivity contribution is -0.140. The van der Waals surface area contributed by atoms with Gasteiger partial charge in [0, 0.05) is 5.57 Å². The second-order valence-electron chi connectivity index (χ2n) is 6.18. The maximum atomic E-state index is 12.2. The SMILES string of the molecule is C=C1C(=O)O[C@@H]2C[C@@H](C)[C@H]3C=CC(=O)[C@@]3(C)[C@H](O)[C@H]12. The number of aliphatic hydroxyl groups excluding tert-OH is 1. The number of allylic oxidation sites excluding steroid dienone is 2. The quantitative estimate of drug-likeness (QED) is 0.527. The standard InChI is InChI=1S/C15H18O4/c1-7-6-10-12(8(2)14(18)19-10)13(17)15(3)9(7)4-5-11(15)16/h4-5,7,9-10,12-13,17H,2,6H2,1,3H3/t7-,9-,10-,12-,13-,15+/m1/s1. The van der Waals surface area contributed by atoms with Crippen LogP contribution in [0, 0.1) is 23.2 Å². The molecule has 0 spiro atoms. The molecule has 4 nitrogen and oxygen atoms in total. The van der Waals surface area contributed by atoms with Crippen molar-refractivity contribution in [1.82, 2.24) is 0 Å². The first-order valence-electron chi connectivity index (χ1n) is 6.68. The summed E-state index contributed by atoms with van der Waals surface area (Å²) in [7, 11) is 0. The van der Waals surface area contributed by atoms with Crippen LogP contribution in [0.5, 0.6) is 0 Å². The number of ether oxygens (including phenoxy) is 1. The molecule has 1 heterocycles. The lowest BCUT2D eigenvalue weighted by Crippen LogP contribution is -2.46. The molecule has 1 N–H and O–H groups in total. The number of rotatable bonds is 0. The molecule has 1 saturated heterocycles. The van der Waals surface area contributed by atoms with E-state index in [9.17, 15) is 14.7 Å². The maximum Gasteiger partial charge on any atom is 0.334 e. The van der Waals surface area contributed by atoms with Crippen LogP contribution in [-0.4, -0.2) is 29.1 Å². The zero-order valence-electron chi connectivity index (χ0n) is 11.1. The summed E-state index contributed by atoms with van der Waals surface area (Å²) >= 11 is 0. The molecule has 0 radical (unpaired) electrons. The first-order valence-corrected chi connectivity index (χ1v) is 6.68. The molecule has 4 heteroatoms. The predicted octanol–water partition coefficient (Wildman–Crippen LogP) is 1.25. The van der Waals surface area contributed by atoms with E-state index in [1.807, 2.05) is 13.0 Å². The molecule has 2 aliphatic carbocycles. The van der Waals surface area contributed by atoms with E-state index in [1.165, 1.54) is 0 Å². The average Bonchev–Trinajstić information content (AvgIpc) is 2.77. The van der Waals surface area contributed by atoms with Gasteiger partial charge in [0.2, 0.25) is 0 Å². The Labute approximate surface area is 112 Å². The minimum atomic E-state index is -0.922. The van der Waals surface area contributed by atoms with Crippen LogP contribution >= 0.6 is 0 Å². The fraction of sp³-hybridized carbons (Fsp3) is 0.600. The van der Waals surface area contributed by atoms with Crippen molar-refractivity contribution in [3.8, 4) is 0 Å². The van der Waals surface area contributed by atoms with Crippen molar-refractivity contribution in [1.29, 1.82) is 0 Å². The van der Waals surface area contributed by atoms with Crippen molar-refractivity contribution in [2.75, 3.05) is 0 Å². The van der Waals surface area contributed by atoms with Crippen molar-refractivity contribution in [3.05, 3.63) is 24.3 Å². The highest BCUT2D eigenvalue weighted by Crippen LogP contribution is 2.52. The molecule has 6 atom stereocenters. The topological polar surface area (TPSA) is 63.6 Å². The summed E-state index contributed by atoms with van der Waals surface area (Å²) < 4.78 is 5.31. The number of carbonyl (C=O) groups is 2. The van der Waals surface area contributed by atoms with E-state index in [-0.39, 0.29) is 23.7 Å². The molecular weight excluding hydrogens is 244 g/mol. The highest BCUT2D eigenvalue weighted by Gasteiger charge is 2.59. The Kier molecular flexibility index (Phi) is 2.52. The van der Waals surface area contributed by atoms with Crippen LogP contribution in [0.25, 0.3) is 0 Å². The molecule has 19 heavy (non-hydrogen) atoms. The van der Waals surface area contributed by atoms with Gasteiger partial charge in [-0.3, -0.25) is 4.79 Å². The van der Waals surface area contributed by atoms with Crippen LogP contribution in [-0.2, 0) is 14.3 Å². The van der Waals surface area contributed by atoms with Gasteiger partial charge in [-0.1, -0.05) is 19.6 Å². The average molecular weight is 262 g/mol. The van der Waals surface area contributed by atoms with Crippen LogP contribution in [0.1, 0.15) is 20.3 Å². The molecule has 0 aromatic rings. The van der Waals surface area contributed by atoms with E-state index < -0.39 is 23.4 Å². The summed E-state index contributed by atoms with van der Waals surface area (Å²) in [6, 6.07) is 0. The summed E-state index contributed by atoms with van der Waals surface area (Å²) in [5.74, 6) is -0.802. The lowest BCUT2D eigenvalue weighted by atomic mass is 9.67. The minimum absolute atomic E-state index is 0.00731. The van der Waals surface area contributed by atoms with E-state index in [4.69, 9.17) is 4.74 Å². The van der Waals surface area contributed by atoms with Crippen LogP contribution in [0.15, 0.2) is 24.3 Å². The third-order valence-corrected chi connectivity index (χ3v) is 5.17. The second-order valence-corrected chi connectivity index (χ2v) is 6.18. The molecule has 102 valence electrons. The third-order valence-electron chi connectivity index (χ3n) is 5.17. The van der Waals surface area contributed by atoms with Crippen LogP contribution in [0.2, 0.25) is 0 Å². The van der Waals surface area contributed by atoms with Crippen LogP contribution in [0.3, 0.4) is 0 Å². The third kappa shape index (κ3) is 1.43. The van der Waals surface area contributed by atoms with Crippen molar-refractivity contribution in [2.24, 2.45) is 23.2 Å². The van der Waals surface area contributed by atoms with Gasteiger partial charge in [-0.05, 0) is 31.3 Å². The van der Waals surface area contributed by atoms with E-state index in [1.54, 1.807) is 13.0 Å². The van der Waals surface area contributed by atoms with Gasteiger partial charge < -0.3 is 9.84 Å². The monoisotopic (exact) mass is 262 g/mol. The Hall–Kier alpha value is -1.42. The summed E-state index contributed by atoms with van der Waals surface area (Å²) in [5.41, 5.74) is -0.568. The fourth-order valence-electron chi connectivity index (χ4n) is 3.98. The molecule has 1 saturated carbocycles. The van der Waals surface area contributed by atoms with Crippen molar-refractivity contribution >= 4 is 11.8 Å². The van der Waals surface area contributed by atoms with E-state index in [0.29, 0.717) is 12.0 Å².